The molecule has 3 rings (SSSR count). The summed E-state index contributed by atoms with van der Waals surface area (Å²) in [5.41, 5.74) is 3.79. The normalized spacial score (nSPS) is 15.1. The first kappa shape index (κ1) is 19.2. The highest BCUT2D eigenvalue weighted by Gasteiger charge is 2.32. The van der Waals surface area contributed by atoms with E-state index in [2.05, 4.69) is 11.9 Å². The molecule has 2 heterocycles. The predicted octanol–water partition coefficient (Wildman–Crippen LogP) is 2.96. The van der Waals surface area contributed by atoms with Crippen LogP contribution in [0, 0.1) is 13.8 Å². The van der Waals surface area contributed by atoms with Gasteiger partial charge < -0.3 is 14.6 Å². The Morgan fingerprint density at radius 3 is 2.64 bits per heavy atom. The Bertz CT molecular complexity index is 1020. The van der Waals surface area contributed by atoms with Crippen molar-refractivity contribution in [3.8, 4) is 5.69 Å². The molecule has 1 aromatic heterocycles. The number of para-hydroxylation sites is 1. The Morgan fingerprint density at radius 1 is 1.25 bits per heavy atom. The fourth-order valence-corrected chi connectivity index (χ4v) is 3.28. The summed E-state index contributed by atoms with van der Waals surface area (Å²) in [6.45, 7) is 7.50. The smallest absolute Gasteiger partial charge is 0.339 e. The van der Waals surface area contributed by atoms with Gasteiger partial charge in [-0.3, -0.25) is 9.69 Å². The van der Waals surface area contributed by atoms with Crippen LogP contribution < -0.4 is 5.32 Å². The zero-order chi connectivity index (χ0) is 20.4. The van der Waals surface area contributed by atoms with Gasteiger partial charge in [-0.2, -0.15) is 0 Å². The molecule has 0 unspecified atom stereocenters. The third-order valence-corrected chi connectivity index (χ3v) is 4.59. The number of carbonyl (C=O) groups is 3. The number of rotatable bonds is 5. The molecular formula is C21H21N3O4. The second-order valence-corrected chi connectivity index (χ2v) is 6.36. The highest BCUT2D eigenvalue weighted by molar-refractivity contribution is 6.14. The van der Waals surface area contributed by atoms with Crippen molar-refractivity contribution in [3.63, 3.8) is 0 Å². The number of urea groups is 1. The van der Waals surface area contributed by atoms with Gasteiger partial charge >= 0.3 is 12.0 Å². The molecule has 2 aromatic rings. The van der Waals surface area contributed by atoms with Gasteiger partial charge in [-0.25, -0.2) is 9.59 Å². The van der Waals surface area contributed by atoms with E-state index >= 15 is 0 Å². The Kier molecular flexibility index (Phi) is 5.17. The van der Waals surface area contributed by atoms with Gasteiger partial charge in [-0.05, 0) is 43.7 Å². The van der Waals surface area contributed by atoms with Crippen LogP contribution in [0.15, 0.2) is 48.7 Å². The number of aryl methyl sites for hydroxylation is 1. The monoisotopic (exact) mass is 379 g/mol. The van der Waals surface area contributed by atoms with Crippen LogP contribution in [-0.2, 0) is 9.53 Å². The van der Waals surface area contributed by atoms with Gasteiger partial charge in [-0.1, -0.05) is 18.2 Å². The van der Waals surface area contributed by atoms with Gasteiger partial charge in [0.2, 0.25) is 0 Å². The van der Waals surface area contributed by atoms with Gasteiger partial charge in [0.05, 0.1) is 18.4 Å². The zero-order valence-electron chi connectivity index (χ0n) is 16.0. The maximum Gasteiger partial charge on any atom is 0.339 e. The molecule has 0 spiro atoms. The van der Waals surface area contributed by atoms with E-state index in [0.717, 1.165) is 21.9 Å². The molecular weight excluding hydrogens is 358 g/mol. The fraction of sp³-hybridized carbons (Fsp3) is 0.190. The number of imide groups is 1. The molecule has 7 nitrogen and oxygen atoms in total. The molecule has 0 bridgehead atoms. The Balaban J connectivity index is 2.06. The first-order chi connectivity index (χ1) is 13.4. The molecule has 1 aromatic carbocycles. The minimum absolute atomic E-state index is 0.146. The summed E-state index contributed by atoms with van der Waals surface area (Å²) >= 11 is 0. The number of hydrogen-bond acceptors (Lipinski definition) is 4. The number of ether oxygens (including phenoxy) is 1. The van der Waals surface area contributed by atoms with Crippen molar-refractivity contribution in [2.45, 2.75) is 13.8 Å². The van der Waals surface area contributed by atoms with E-state index in [1.807, 2.05) is 36.6 Å². The maximum atomic E-state index is 12.4. The second kappa shape index (κ2) is 7.56. The van der Waals surface area contributed by atoms with Gasteiger partial charge in [0.1, 0.15) is 5.70 Å². The number of nitrogens with zero attached hydrogens (tertiary/aromatic N) is 2. The van der Waals surface area contributed by atoms with Gasteiger partial charge in [0.15, 0.2) is 0 Å². The predicted molar refractivity (Wildman–Crippen MR) is 105 cm³/mol. The molecule has 0 saturated carbocycles. The quantitative estimate of drug-likeness (QED) is 0.375. The van der Waals surface area contributed by atoms with Crippen molar-refractivity contribution in [1.29, 1.82) is 0 Å². The average molecular weight is 379 g/mol. The molecule has 144 valence electrons. The lowest BCUT2D eigenvalue weighted by Gasteiger charge is -2.13. The second-order valence-electron chi connectivity index (χ2n) is 6.36. The Morgan fingerprint density at radius 2 is 1.96 bits per heavy atom. The van der Waals surface area contributed by atoms with Crippen LogP contribution in [0.5, 0.6) is 0 Å². The summed E-state index contributed by atoms with van der Waals surface area (Å²) in [5, 5.41) is 2.59. The summed E-state index contributed by atoms with van der Waals surface area (Å²) in [7, 11) is 1.34. The Labute approximate surface area is 162 Å². The van der Waals surface area contributed by atoms with Crippen LogP contribution in [0.25, 0.3) is 11.8 Å². The number of nitrogens with one attached hydrogen (secondary N) is 1. The highest BCUT2D eigenvalue weighted by atomic mass is 16.5. The zero-order valence-corrected chi connectivity index (χ0v) is 16.0. The maximum absolute atomic E-state index is 12.4. The highest BCUT2D eigenvalue weighted by Crippen LogP contribution is 2.26. The average Bonchev–Trinajstić information content (AvgIpc) is 3.11. The van der Waals surface area contributed by atoms with E-state index in [1.165, 1.54) is 13.2 Å². The summed E-state index contributed by atoms with van der Waals surface area (Å²) in [6.07, 6.45) is 3.14. The van der Waals surface area contributed by atoms with Gasteiger partial charge in [0.25, 0.3) is 5.91 Å². The van der Waals surface area contributed by atoms with Crippen molar-refractivity contribution < 1.29 is 19.1 Å². The molecule has 0 atom stereocenters. The minimum atomic E-state index is -0.471. The Hall–Kier alpha value is -3.61. The van der Waals surface area contributed by atoms with E-state index in [9.17, 15) is 14.4 Å². The number of hydrogen-bond donors (Lipinski definition) is 1. The SMILES string of the molecule is C=CCN1C(=O)N/C(=C/c2cc(C)n(-c3ccccc3C(=O)OC)c2C)C1=O. The molecule has 28 heavy (non-hydrogen) atoms. The molecule has 0 aliphatic carbocycles. The lowest BCUT2D eigenvalue weighted by molar-refractivity contribution is -0.122. The van der Waals surface area contributed by atoms with Crippen LogP contribution in [-0.4, -0.2) is 41.0 Å². The number of benzene rings is 1. The van der Waals surface area contributed by atoms with E-state index in [-0.39, 0.29) is 12.2 Å². The van der Waals surface area contributed by atoms with Crippen LogP contribution in [0.4, 0.5) is 4.79 Å². The first-order valence-electron chi connectivity index (χ1n) is 8.71. The van der Waals surface area contributed by atoms with Crippen LogP contribution in [0.3, 0.4) is 0 Å². The largest absolute Gasteiger partial charge is 0.465 e. The van der Waals surface area contributed by atoms with E-state index in [4.69, 9.17) is 4.74 Å². The van der Waals surface area contributed by atoms with Crippen molar-refractivity contribution in [2.75, 3.05) is 13.7 Å². The number of esters is 1. The molecule has 1 saturated heterocycles. The summed E-state index contributed by atoms with van der Waals surface area (Å²) in [5.74, 6) is -0.828. The summed E-state index contributed by atoms with van der Waals surface area (Å²) in [6, 6.07) is 8.57. The van der Waals surface area contributed by atoms with Crippen molar-refractivity contribution in [1.82, 2.24) is 14.8 Å². The van der Waals surface area contributed by atoms with E-state index in [0.29, 0.717) is 11.3 Å². The molecule has 1 aliphatic heterocycles. The number of amides is 3. The van der Waals surface area contributed by atoms with Crippen LogP contribution in [0.2, 0.25) is 0 Å². The number of carbonyl (C=O) groups excluding carboxylic acids is 3. The molecule has 3 amide bonds. The fourth-order valence-electron chi connectivity index (χ4n) is 3.28. The summed E-state index contributed by atoms with van der Waals surface area (Å²) in [4.78, 5) is 37.6. The van der Waals surface area contributed by atoms with E-state index < -0.39 is 17.9 Å². The molecule has 0 radical (unpaired) electrons. The first-order valence-corrected chi connectivity index (χ1v) is 8.71. The third kappa shape index (κ3) is 3.22. The lowest BCUT2D eigenvalue weighted by Crippen LogP contribution is -2.30. The third-order valence-electron chi connectivity index (χ3n) is 4.59. The molecule has 1 fully saturated rings. The molecule has 7 heteroatoms. The summed E-state index contributed by atoms with van der Waals surface area (Å²) < 4.78 is 6.80. The minimum Gasteiger partial charge on any atom is -0.465 e. The lowest BCUT2D eigenvalue weighted by atomic mass is 10.1. The van der Waals surface area contributed by atoms with Crippen molar-refractivity contribution in [2.24, 2.45) is 0 Å². The standard InChI is InChI=1S/C21H21N3O4/c1-5-10-23-19(25)17(22-21(23)27)12-15-11-13(2)24(14(15)3)18-9-7-6-8-16(18)20(26)28-4/h5-9,11-12H,1,10H2,2-4H3,(H,22,27)/b17-12+. The number of aromatic nitrogens is 1. The van der Waals surface area contributed by atoms with E-state index in [1.54, 1.807) is 18.2 Å². The van der Waals surface area contributed by atoms with Crippen LogP contribution >= 0.6 is 0 Å². The van der Waals surface area contributed by atoms with Crippen LogP contribution in [0.1, 0.15) is 27.3 Å². The van der Waals surface area contributed by atoms with Crippen molar-refractivity contribution in [3.05, 3.63) is 71.2 Å². The topological polar surface area (TPSA) is 80.6 Å². The van der Waals surface area contributed by atoms with Gasteiger partial charge in [-0.15, -0.1) is 6.58 Å². The van der Waals surface area contributed by atoms with Gasteiger partial charge in [0, 0.05) is 17.9 Å². The number of methoxy groups -OCH3 is 1. The molecule has 1 aliphatic rings. The molecule has 1 N–H and O–H groups in total. The van der Waals surface area contributed by atoms with Crippen molar-refractivity contribution >= 4 is 24.0 Å².